The monoisotopic (exact) mass is 419 g/mol. The molecule has 0 aromatic carbocycles. The largest absolute Gasteiger partial charge is 0.486 e. The van der Waals surface area contributed by atoms with Gasteiger partial charge in [0.1, 0.15) is 18.1 Å². The Morgan fingerprint density at radius 1 is 1.06 bits per heavy atom. The molecule has 0 saturated carbocycles. The van der Waals surface area contributed by atoms with E-state index in [1.165, 1.54) is 6.20 Å². The predicted molar refractivity (Wildman–Crippen MR) is 106 cm³/mol. The summed E-state index contributed by atoms with van der Waals surface area (Å²) in [4.78, 5) is 12.7. The molecule has 0 amide bonds. The van der Waals surface area contributed by atoms with Gasteiger partial charge >= 0.3 is 6.43 Å². The lowest BCUT2D eigenvalue weighted by Crippen LogP contribution is -1.99. The van der Waals surface area contributed by atoms with Crippen molar-refractivity contribution in [2.24, 2.45) is 0 Å². The number of ether oxygens (including phenoxy) is 1. The van der Waals surface area contributed by atoms with Crippen LogP contribution in [0.15, 0.2) is 59.4 Å². The normalized spacial score (nSPS) is 10.6. The highest BCUT2D eigenvalue weighted by Crippen LogP contribution is 2.23. The molecule has 0 spiro atoms. The Kier molecular flexibility index (Phi) is 5.89. The molecule has 31 heavy (non-hydrogen) atoms. The van der Waals surface area contributed by atoms with Crippen LogP contribution in [0.5, 0.6) is 5.75 Å². The number of alkyl halides is 2. The van der Waals surface area contributed by atoms with Gasteiger partial charge in [-0.1, -0.05) is 12.0 Å². The van der Waals surface area contributed by atoms with Crippen molar-refractivity contribution in [2.45, 2.75) is 20.0 Å². The summed E-state index contributed by atoms with van der Waals surface area (Å²) in [5.41, 5.74) is 3.33. The molecule has 9 heteroatoms. The minimum atomic E-state index is -2.82. The minimum Gasteiger partial charge on any atom is -0.486 e. The number of nitrogens with zero attached hydrogens (tertiary/aromatic N) is 5. The molecule has 154 valence electrons. The van der Waals surface area contributed by atoms with Crippen LogP contribution in [0, 0.1) is 18.8 Å². The minimum absolute atomic E-state index is 0.0196. The average Bonchev–Trinajstić information content (AvgIpc) is 3.28. The van der Waals surface area contributed by atoms with E-state index in [1.807, 2.05) is 25.1 Å². The highest BCUT2D eigenvalue weighted by atomic mass is 19.3. The molecule has 0 unspecified atom stereocenters. The second kappa shape index (κ2) is 9.09. The van der Waals surface area contributed by atoms with E-state index >= 15 is 0 Å². The van der Waals surface area contributed by atoms with Crippen LogP contribution in [0.25, 0.3) is 11.5 Å². The number of hydrogen-bond donors (Lipinski definition) is 0. The standard InChI is InChI=1S/C22H15F2N5O2/c1-14-3-2-4-17(27-14)7-5-15-9-19(12-25-10-15)30-13-18-8-6-16(11-26-18)21-28-29-22(31-21)20(23)24/h2-4,6,8-12,20H,13H2,1H3. The van der Waals surface area contributed by atoms with E-state index in [9.17, 15) is 8.78 Å². The first-order valence-corrected chi connectivity index (χ1v) is 9.17. The molecule has 4 aromatic heterocycles. The van der Waals surface area contributed by atoms with Gasteiger partial charge in [-0.25, -0.2) is 4.98 Å². The molecule has 0 fully saturated rings. The zero-order valence-corrected chi connectivity index (χ0v) is 16.3. The van der Waals surface area contributed by atoms with Gasteiger partial charge in [-0.3, -0.25) is 9.97 Å². The number of halogens is 2. The molecule has 0 N–H and O–H groups in total. The smallest absolute Gasteiger partial charge is 0.314 e. The van der Waals surface area contributed by atoms with Crippen LogP contribution in [0.4, 0.5) is 8.78 Å². The fourth-order valence-corrected chi connectivity index (χ4v) is 2.55. The number of aromatic nitrogens is 5. The second-order valence-electron chi connectivity index (χ2n) is 6.40. The summed E-state index contributed by atoms with van der Waals surface area (Å²) in [5.74, 6) is 5.80. The van der Waals surface area contributed by atoms with Gasteiger partial charge in [0.15, 0.2) is 0 Å². The maximum Gasteiger partial charge on any atom is 0.314 e. The van der Waals surface area contributed by atoms with Crippen molar-refractivity contribution in [3.8, 4) is 29.0 Å². The molecule has 0 aliphatic carbocycles. The van der Waals surface area contributed by atoms with Gasteiger partial charge in [-0.05, 0) is 43.2 Å². The Labute approximate surface area is 176 Å². The highest BCUT2D eigenvalue weighted by Gasteiger charge is 2.17. The van der Waals surface area contributed by atoms with Crippen LogP contribution in [0.1, 0.15) is 35.0 Å². The third-order valence-corrected chi connectivity index (χ3v) is 4.02. The summed E-state index contributed by atoms with van der Waals surface area (Å²) in [6.07, 6.45) is 1.86. The molecule has 4 heterocycles. The van der Waals surface area contributed by atoms with Gasteiger partial charge < -0.3 is 9.15 Å². The third-order valence-electron chi connectivity index (χ3n) is 4.02. The van der Waals surface area contributed by atoms with Crippen molar-refractivity contribution < 1.29 is 17.9 Å². The Bertz CT molecular complexity index is 1250. The Morgan fingerprint density at radius 2 is 1.97 bits per heavy atom. The molecular formula is C22H15F2N5O2. The van der Waals surface area contributed by atoms with E-state index in [0.717, 1.165) is 5.69 Å². The maximum absolute atomic E-state index is 12.6. The third kappa shape index (κ3) is 5.25. The molecule has 0 saturated heterocycles. The summed E-state index contributed by atoms with van der Waals surface area (Å²) in [5, 5.41) is 6.89. The van der Waals surface area contributed by atoms with Gasteiger partial charge in [0, 0.05) is 23.7 Å². The first-order valence-electron chi connectivity index (χ1n) is 9.17. The lowest BCUT2D eigenvalue weighted by Gasteiger charge is -2.06. The van der Waals surface area contributed by atoms with E-state index in [4.69, 9.17) is 9.15 Å². The number of hydrogen-bond acceptors (Lipinski definition) is 7. The van der Waals surface area contributed by atoms with E-state index in [2.05, 4.69) is 37.0 Å². The first-order chi connectivity index (χ1) is 15.1. The topological polar surface area (TPSA) is 86.8 Å². The van der Waals surface area contributed by atoms with Crippen molar-refractivity contribution >= 4 is 0 Å². The van der Waals surface area contributed by atoms with Gasteiger partial charge in [-0.2, -0.15) is 8.78 Å². The Morgan fingerprint density at radius 3 is 2.71 bits per heavy atom. The SMILES string of the molecule is Cc1cccc(C#Cc2cncc(OCc3ccc(-c4nnc(C(F)F)o4)cn3)c2)n1. The molecule has 0 radical (unpaired) electrons. The van der Waals surface area contributed by atoms with Crippen LogP contribution in [0.3, 0.4) is 0 Å². The molecule has 0 aliphatic heterocycles. The second-order valence-corrected chi connectivity index (χ2v) is 6.40. The lowest BCUT2D eigenvalue weighted by molar-refractivity contribution is 0.116. The maximum atomic E-state index is 12.6. The zero-order chi connectivity index (χ0) is 21.6. The fourth-order valence-electron chi connectivity index (χ4n) is 2.55. The molecular weight excluding hydrogens is 404 g/mol. The summed E-state index contributed by atoms with van der Waals surface area (Å²) in [6.45, 7) is 2.09. The number of aryl methyl sites for hydroxylation is 1. The fraction of sp³-hybridized carbons (Fsp3) is 0.136. The van der Waals surface area contributed by atoms with Crippen LogP contribution >= 0.6 is 0 Å². The molecule has 0 bridgehead atoms. The first kappa shape index (κ1) is 20.1. The number of rotatable bonds is 5. The van der Waals surface area contributed by atoms with Crippen molar-refractivity contribution in [2.75, 3.05) is 0 Å². The molecule has 0 atom stereocenters. The van der Waals surface area contributed by atoms with Crippen LogP contribution in [-0.4, -0.2) is 25.1 Å². The lowest BCUT2D eigenvalue weighted by atomic mass is 10.2. The molecule has 4 aromatic rings. The average molecular weight is 419 g/mol. The van der Waals surface area contributed by atoms with Gasteiger partial charge in [-0.15, -0.1) is 10.2 Å². The van der Waals surface area contributed by atoms with Crippen molar-refractivity contribution in [1.29, 1.82) is 0 Å². The van der Waals surface area contributed by atoms with Crippen molar-refractivity contribution in [1.82, 2.24) is 25.1 Å². The van der Waals surface area contributed by atoms with E-state index in [1.54, 1.807) is 30.6 Å². The van der Waals surface area contributed by atoms with Gasteiger partial charge in [0.05, 0.1) is 17.5 Å². The Balaban J connectivity index is 1.40. The van der Waals surface area contributed by atoms with E-state index in [0.29, 0.717) is 28.3 Å². The summed E-state index contributed by atoms with van der Waals surface area (Å²) in [6, 6.07) is 10.7. The van der Waals surface area contributed by atoms with Crippen LogP contribution in [0.2, 0.25) is 0 Å². The van der Waals surface area contributed by atoms with Crippen LogP contribution in [-0.2, 0) is 6.61 Å². The van der Waals surface area contributed by atoms with Gasteiger partial charge in [0.2, 0.25) is 5.89 Å². The van der Waals surface area contributed by atoms with Crippen molar-refractivity contribution in [3.63, 3.8) is 0 Å². The summed E-state index contributed by atoms with van der Waals surface area (Å²) in [7, 11) is 0. The molecule has 4 rings (SSSR count). The van der Waals surface area contributed by atoms with Crippen molar-refractivity contribution in [3.05, 3.63) is 83.5 Å². The summed E-state index contributed by atoms with van der Waals surface area (Å²) >= 11 is 0. The van der Waals surface area contributed by atoms with Crippen LogP contribution < -0.4 is 4.74 Å². The quantitative estimate of drug-likeness (QED) is 0.449. The van der Waals surface area contributed by atoms with Gasteiger partial charge in [0.25, 0.3) is 5.89 Å². The van der Waals surface area contributed by atoms with E-state index in [-0.39, 0.29) is 12.5 Å². The summed E-state index contributed by atoms with van der Waals surface area (Å²) < 4.78 is 35.7. The zero-order valence-electron chi connectivity index (χ0n) is 16.3. The predicted octanol–water partition coefficient (Wildman–Crippen LogP) is 4.15. The van der Waals surface area contributed by atoms with E-state index < -0.39 is 12.3 Å². The number of pyridine rings is 3. The molecule has 7 nitrogen and oxygen atoms in total. The molecule has 0 aliphatic rings. The Hall–Kier alpha value is -4.19. The highest BCUT2D eigenvalue weighted by molar-refractivity contribution is 5.50.